The molecule has 0 aromatic heterocycles. The van der Waals surface area contributed by atoms with Gasteiger partial charge in [0.1, 0.15) is 0 Å². The van der Waals surface area contributed by atoms with Gasteiger partial charge in [-0.1, -0.05) is 50.6 Å². The third kappa shape index (κ3) is 4.27. The molecule has 1 aromatic carbocycles. The first kappa shape index (κ1) is 13.0. The molecule has 0 aliphatic heterocycles. The minimum Gasteiger partial charge on any atom is -0.0870 e. The van der Waals surface area contributed by atoms with E-state index in [-0.39, 0.29) is 0 Å². The highest BCUT2D eigenvalue weighted by molar-refractivity contribution is 5.57. The minimum absolute atomic E-state index is 1.25. The van der Waals surface area contributed by atoms with Gasteiger partial charge in [-0.05, 0) is 37.5 Å². The zero-order valence-electron chi connectivity index (χ0n) is 10.1. The molecule has 14 heavy (non-hydrogen) atoms. The Hall–Kier alpha value is -1.04. The molecule has 1 rings (SSSR count). The summed E-state index contributed by atoms with van der Waals surface area (Å²) in [6, 6.07) is 6.38. The summed E-state index contributed by atoms with van der Waals surface area (Å²) >= 11 is 0. The van der Waals surface area contributed by atoms with Gasteiger partial charge in [-0.15, -0.1) is 0 Å². The first-order chi connectivity index (χ1) is 6.67. The molecule has 0 heteroatoms. The number of allylic oxidation sites excluding steroid dienone is 1. The Morgan fingerprint density at radius 3 is 1.86 bits per heavy atom. The van der Waals surface area contributed by atoms with Crippen LogP contribution in [0.1, 0.15) is 43.9 Å². The molecule has 1 aromatic rings. The minimum atomic E-state index is 1.25. The maximum absolute atomic E-state index is 2.16. The zero-order valence-corrected chi connectivity index (χ0v) is 10.1. The van der Waals surface area contributed by atoms with Crippen molar-refractivity contribution in [2.45, 2.75) is 41.0 Å². The van der Waals surface area contributed by atoms with E-state index in [2.05, 4.69) is 58.0 Å². The number of aryl methyl sites for hydroxylation is 2. The summed E-state index contributed by atoms with van der Waals surface area (Å²) in [6.45, 7) is 10.6. The van der Waals surface area contributed by atoms with Crippen molar-refractivity contribution >= 4 is 6.08 Å². The summed E-state index contributed by atoms with van der Waals surface area (Å²) in [7, 11) is 0. The van der Waals surface area contributed by atoms with Gasteiger partial charge in [0.15, 0.2) is 0 Å². The molecule has 0 saturated heterocycles. The fourth-order valence-electron chi connectivity index (χ4n) is 1.26. The van der Waals surface area contributed by atoms with Gasteiger partial charge in [-0.3, -0.25) is 0 Å². The predicted molar refractivity (Wildman–Crippen MR) is 66.6 cm³/mol. The SMILES string of the molecule is C/C=C\c1c(C)cccc1C.CCC. The summed E-state index contributed by atoms with van der Waals surface area (Å²) in [4.78, 5) is 0. The Kier molecular flexibility index (Phi) is 6.82. The van der Waals surface area contributed by atoms with E-state index in [4.69, 9.17) is 0 Å². The van der Waals surface area contributed by atoms with Crippen LogP contribution in [-0.4, -0.2) is 0 Å². The third-order valence-electron chi connectivity index (χ3n) is 1.88. The van der Waals surface area contributed by atoms with E-state index in [1.165, 1.54) is 23.1 Å². The first-order valence-electron chi connectivity index (χ1n) is 5.36. The standard InChI is InChI=1S/C11H14.C3H8/c1-4-6-11-9(2)7-5-8-10(11)3;1-3-2/h4-8H,1-3H3;3H2,1-2H3/b6-4-;. The van der Waals surface area contributed by atoms with Crippen LogP contribution in [0.15, 0.2) is 24.3 Å². The number of hydrogen-bond acceptors (Lipinski definition) is 0. The molecular formula is C14H22. The Labute approximate surface area is 88.7 Å². The van der Waals surface area contributed by atoms with E-state index < -0.39 is 0 Å². The summed E-state index contributed by atoms with van der Waals surface area (Å²) in [5, 5.41) is 0. The molecule has 0 N–H and O–H groups in total. The molecule has 0 aliphatic rings. The van der Waals surface area contributed by atoms with E-state index in [9.17, 15) is 0 Å². The van der Waals surface area contributed by atoms with Crippen LogP contribution in [0, 0.1) is 13.8 Å². The lowest BCUT2D eigenvalue weighted by atomic mass is 10.0. The summed E-state index contributed by atoms with van der Waals surface area (Å²) < 4.78 is 0. The van der Waals surface area contributed by atoms with Crippen molar-refractivity contribution in [3.8, 4) is 0 Å². The molecule has 0 saturated carbocycles. The molecule has 0 radical (unpaired) electrons. The van der Waals surface area contributed by atoms with Gasteiger partial charge in [0, 0.05) is 0 Å². The second-order valence-electron chi connectivity index (χ2n) is 3.51. The Balaban J connectivity index is 0.000000500. The number of rotatable bonds is 1. The molecule has 0 atom stereocenters. The lowest BCUT2D eigenvalue weighted by Gasteiger charge is -2.02. The van der Waals surface area contributed by atoms with Gasteiger partial charge in [-0.25, -0.2) is 0 Å². The average Bonchev–Trinajstić information content (AvgIpc) is 2.13. The molecule has 0 amide bonds. The van der Waals surface area contributed by atoms with Crippen LogP contribution in [0.4, 0.5) is 0 Å². The molecule has 0 bridgehead atoms. The quantitative estimate of drug-likeness (QED) is 0.599. The summed E-state index contributed by atoms with van der Waals surface area (Å²) in [5.41, 5.74) is 4.06. The first-order valence-corrected chi connectivity index (χ1v) is 5.36. The van der Waals surface area contributed by atoms with Gasteiger partial charge in [-0.2, -0.15) is 0 Å². The van der Waals surface area contributed by atoms with Gasteiger partial charge in [0.05, 0.1) is 0 Å². The second-order valence-corrected chi connectivity index (χ2v) is 3.51. The second kappa shape index (κ2) is 7.37. The maximum Gasteiger partial charge on any atom is -0.0201 e. The number of hydrogen-bond donors (Lipinski definition) is 0. The van der Waals surface area contributed by atoms with Crippen LogP contribution in [0.2, 0.25) is 0 Å². The van der Waals surface area contributed by atoms with Crippen LogP contribution in [-0.2, 0) is 0 Å². The highest BCUT2D eigenvalue weighted by Crippen LogP contribution is 2.14. The molecule has 0 spiro atoms. The Morgan fingerprint density at radius 1 is 1.07 bits per heavy atom. The van der Waals surface area contributed by atoms with Gasteiger partial charge in [0.25, 0.3) is 0 Å². The van der Waals surface area contributed by atoms with E-state index in [1.807, 2.05) is 6.92 Å². The van der Waals surface area contributed by atoms with Crippen LogP contribution in [0.3, 0.4) is 0 Å². The average molecular weight is 190 g/mol. The molecule has 0 heterocycles. The lowest BCUT2D eigenvalue weighted by Crippen LogP contribution is -1.83. The lowest BCUT2D eigenvalue weighted by molar-refractivity contribution is 1.09. The fourth-order valence-corrected chi connectivity index (χ4v) is 1.26. The highest BCUT2D eigenvalue weighted by atomic mass is 14.0. The topological polar surface area (TPSA) is 0 Å². The Morgan fingerprint density at radius 2 is 1.50 bits per heavy atom. The van der Waals surface area contributed by atoms with Crippen molar-refractivity contribution in [1.82, 2.24) is 0 Å². The van der Waals surface area contributed by atoms with Crippen molar-refractivity contribution in [2.75, 3.05) is 0 Å². The third-order valence-corrected chi connectivity index (χ3v) is 1.88. The van der Waals surface area contributed by atoms with Crippen LogP contribution >= 0.6 is 0 Å². The normalized spacial score (nSPS) is 9.79. The largest absolute Gasteiger partial charge is 0.0870 e. The molecular weight excluding hydrogens is 168 g/mol. The maximum atomic E-state index is 2.16. The molecule has 0 unspecified atom stereocenters. The molecule has 0 fully saturated rings. The van der Waals surface area contributed by atoms with Crippen molar-refractivity contribution in [1.29, 1.82) is 0 Å². The van der Waals surface area contributed by atoms with E-state index in [0.717, 1.165) is 0 Å². The van der Waals surface area contributed by atoms with E-state index in [1.54, 1.807) is 0 Å². The van der Waals surface area contributed by atoms with Crippen molar-refractivity contribution in [2.24, 2.45) is 0 Å². The molecule has 0 nitrogen and oxygen atoms in total. The fraction of sp³-hybridized carbons (Fsp3) is 0.429. The zero-order chi connectivity index (χ0) is 11.0. The van der Waals surface area contributed by atoms with Crippen molar-refractivity contribution in [3.05, 3.63) is 41.0 Å². The van der Waals surface area contributed by atoms with Crippen LogP contribution < -0.4 is 0 Å². The van der Waals surface area contributed by atoms with Crippen LogP contribution in [0.5, 0.6) is 0 Å². The summed E-state index contributed by atoms with van der Waals surface area (Å²) in [5.74, 6) is 0. The van der Waals surface area contributed by atoms with Crippen LogP contribution in [0.25, 0.3) is 6.08 Å². The number of benzene rings is 1. The van der Waals surface area contributed by atoms with Gasteiger partial charge in [0.2, 0.25) is 0 Å². The molecule has 0 aliphatic carbocycles. The molecule has 78 valence electrons. The van der Waals surface area contributed by atoms with Gasteiger partial charge >= 0.3 is 0 Å². The smallest absolute Gasteiger partial charge is 0.0201 e. The van der Waals surface area contributed by atoms with Crippen molar-refractivity contribution in [3.63, 3.8) is 0 Å². The monoisotopic (exact) mass is 190 g/mol. The van der Waals surface area contributed by atoms with Gasteiger partial charge < -0.3 is 0 Å². The van der Waals surface area contributed by atoms with E-state index >= 15 is 0 Å². The Bertz CT molecular complexity index is 262. The van der Waals surface area contributed by atoms with E-state index in [0.29, 0.717) is 0 Å². The van der Waals surface area contributed by atoms with Crippen molar-refractivity contribution < 1.29 is 0 Å². The predicted octanol–water partition coefficient (Wildman–Crippen LogP) is 4.75. The summed E-state index contributed by atoms with van der Waals surface area (Å²) in [6.07, 6.45) is 5.49. The highest BCUT2D eigenvalue weighted by Gasteiger charge is 1.95.